The van der Waals surface area contributed by atoms with Gasteiger partial charge in [-0.15, -0.1) is 0 Å². The molecule has 1 atom stereocenters. The lowest BCUT2D eigenvalue weighted by atomic mass is 9.77. The summed E-state index contributed by atoms with van der Waals surface area (Å²) in [6, 6.07) is 6.12. The molecule has 1 aliphatic heterocycles. The molecule has 0 spiro atoms. The minimum Gasteiger partial charge on any atom is -0.494 e. The number of carbonyl (C=O) groups excluding carboxylic acids is 2. The van der Waals surface area contributed by atoms with Crippen molar-refractivity contribution in [3.8, 4) is 5.75 Å². The predicted octanol–water partition coefficient (Wildman–Crippen LogP) is 5.13. The second-order valence-electron chi connectivity index (χ2n) is 11.7. The molecule has 1 aromatic heterocycles. The van der Waals surface area contributed by atoms with Crippen LogP contribution in [-0.2, 0) is 31.7 Å². The fraction of sp³-hybridized carbons (Fsp3) is 0.552. The summed E-state index contributed by atoms with van der Waals surface area (Å²) in [5.41, 5.74) is -4.55. The van der Waals surface area contributed by atoms with Crippen LogP contribution in [0, 0.1) is 5.92 Å². The summed E-state index contributed by atoms with van der Waals surface area (Å²) in [6.07, 6.45) is -6.56. The number of hydrogen-bond donors (Lipinski definition) is 2. The van der Waals surface area contributed by atoms with Crippen LogP contribution in [0.3, 0.4) is 0 Å². The van der Waals surface area contributed by atoms with Crippen LogP contribution < -0.4 is 14.8 Å². The molecular formula is C29H32F6N4O5S. The highest BCUT2D eigenvalue weighted by Gasteiger charge is 2.60. The number of carbonyl (C=O) groups is 2. The van der Waals surface area contributed by atoms with Gasteiger partial charge >= 0.3 is 12.4 Å². The first kappa shape index (κ1) is 32.8. The third kappa shape index (κ3) is 7.82. The summed E-state index contributed by atoms with van der Waals surface area (Å²) in [5.74, 6) is -2.20. The second kappa shape index (κ2) is 12.3. The van der Waals surface area contributed by atoms with E-state index in [4.69, 9.17) is 4.74 Å². The molecule has 246 valence electrons. The third-order valence-corrected chi connectivity index (χ3v) is 9.84. The molecular weight excluding hydrogens is 630 g/mol. The molecule has 2 N–H and O–H groups in total. The fourth-order valence-corrected chi connectivity index (χ4v) is 6.50. The van der Waals surface area contributed by atoms with Crippen molar-refractivity contribution in [3.63, 3.8) is 0 Å². The van der Waals surface area contributed by atoms with Crippen molar-refractivity contribution in [1.82, 2.24) is 19.8 Å². The molecule has 9 nitrogen and oxygen atoms in total. The number of unbranched alkanes of at least 4 members (excludes halogenated alkanes) is 2. The maximum atomic E-state index is 15.0. The number of ether oxygens (including phenoxy) is 1. The maximum Gasteiger partial charge on any atom is 0.416 e. The number of alkyl halides is 6. The molecule has 0 bridgehead atoms. The van der Waals surface area contributed by atoms with Gasteiger partial charge in [-0.05, 0) is 74.6 Å². The number of halogens is 6. The van der Waals surface area contributed by atoms with Crippen LogP contribution in [0.15, 0.2) is 42.1 Å². The Balaban J connectivity index is 1.42. The summed E-state index contributed by atoms with van der Waals surface area (Å²) in [6.45, 7) is 0.558. The van der Waals surface area contributed by atoms with Crippen LogP contribution in [0.2, 0.25) is 0 Å². The fourth-order valence-electron chi connectivity index (χ4n) is 5.22. The van der Waals surface area contributed by atoms with Crippen molar-refractivity contribution >= 4 is 27.4 Å². The van der Waals surface area contributed by atoms with E-state index in [2.05, 4.69) is 5.10 Å². The van der Waals surface area contributed by atoms with E-state index < -0.39 is 63.4 Å². The van der Waals surface area contributed by atoms with Crippen molar-refractivity contribution in [2.45, 2.75) is 87.5 Å². The SMILES string of the molecule is O=C1N[C@@](c2ccc(OCCCCCC(F)(F)F)cc2)(C(F)(F)F)CC(c2ccn(CC3CC3)n2)=C1C(=O)NS(=O)(=O)C1CC1. The van der Waals surface area contributed by atoms with Crippen molar-refractivity contribution in [3.05, 3.63) is 53.4 Å². The predicted molar refractivity (Wildman–Crippen MR) is 149 cm³/mol. The molecule has 0 radical (unpaired) electrons. The van der Waals surface area contributed by atoms with Gasteiger partial charge in [-0.3, -0.25) is 14.3 Å². The Morgan fingerprint density at radius 2 is 1.71 bits per heavy atom. The number of aromatic nitrogens is 2. The van der Waals surface area contributed by atoms with Gasteiger partial charge < -0.3 is 10.1 Å². The van der Waals surface area contributed by atoms with E-state index in [0.29, 0.717) is 31.7 Å². The summed E-state index contributed by atoms with van der Waals surface area (Å²) in [7, 11) is -4.13. The molecule has 1 aromatic carbocycles. The van der Waals surface area contributed by atoms with Gasteiger partial charge in [0.1, 0.15) is 11.3 Å². The van der Waals surface area contributed by atoms with Crippen molar-refractivity contribution < 1.29 is 49.1 Å². The topological polar surface area (TPSA) is 119 Å². The number of sulfonamides is 1. The lowest BCUT2D eigenvalue weighted by molar-refractivity contribution is -0.202. The molecule has 45 heavy (non-hydrogen) atoms. The molecule has 16 heteroatoms. The number of nitrogens with zero attached hydrogens (tertiary/aromatic N) is 2. The lowest BCUT2D eigenvalue weighted by Crippen LogP contribution is -2.60. The Bertz CT molecular complexity index is 1560. The van der Waals surface area contributed by atoms with Gasteiger partial charge in [0, 0.05) is 31.2 Å². The van der Waals surface area contributed by atoms with Gasteiger partial charge in [0.05, 0.1) is 17.6 Å². The van der Waals surface area contributed by atoms with Crippen LogP contribution in [0.4, 0.5) is 26.3 Å². The lowest BCUT2D eigenvalue weighted by Gasteiger charge is -2.41. The standard InChI is InChI=1S/C29H32F6N4O5S/c30-28(31,32)13-2-1-3-15-44-20-8-6-19(7-9-20)27(29(33,34)35)16-22(23-12-14-39(37-23)17-18-4-5-18)24(25(40)36-27)26(41)38-45(42,43)21-10-11-21/h6-9,12,14,18,21H,1-5,10-11,13,15-17H2,(H,36,40)(H,38,41)/t27-/m0/s1. The largest absolute Gasteiger partial charge is 0.494 e. The van der Waals surface area contributed by atoms with Gasteiger partial charge in [0.15, 0.2) is 5.54 Å². The van der Waals surface area contributed by atoms with Crippen LogP contribution in [0.5, 0.6) is 5.75 Å². The Hall–Kier alpha value is -3.56. The maximum absolute atomic E-state index is 15.0. The van der Waals surface area contributed by atoms with E-state index >= 15 is 0 Å². The van der Waals surface area contributed by atoms with Crippen LogP contribution >= 0.6 is 0 Å². The molecule has 2 saturated carbocycles. The van der Waals surface area contributed by atoms with Gasteiger partial charge in [-0.1, -0.05) is 12.1 Å². The first-order chi connectivity index (χ1) is 21.1. The highest BCUT2D eigenvalue weighted by Crippen LogP contribution is 2.48. The average Bonchev–Trinajstić information content (AvgIpc) is 3.87. The van der Waals surface area contributed by atoms with E-state index in [-0.39, 0.29) is 42.0 Å². The number of benzene rings is 1. The van der Waals surface area contributed by atoms with Gasteiger partial charge in [0.2, 0.25) is 10.0 Å². The zero-order valence-electron chi connectivity index (χ0n) is 24.0. The van der Waals surface area contributed by atoms with Crippen molar-refractivity contribution in [2.75, 3.05) is 6.61 Å². The Morgan fingerprint density at radius 3 is 2.31 bits per heavy atom. The molecule has 0 unspecified atom stereocenters. The summed E-state index contributed by atoms with van der Waals surface area (Å²) < 4.78 is 116. The molecule has 5 rings (SSSR count). The minimum atomic E-state index is -5.08. The van der Waals surface area contributed by atoms with Crippen LogP contribution in [-0.4, -0.2) is 54.2 Å². The van der Waals surface area contributed by atoms with E-state index in [9.17, 15) is 44.3 Å². The minimum absolute atomic E-state index is 0.0526. The summed E-state index contributed by atoms with van der Waals surface area (Å²) in [4.78, 5) is 26.6. The smallest absolute Gasteiger partial charge is 0.416 e. The summed E-state index contributed by atoms with van der Waals surface area (Å²) >= 11 is 0. The van der Waals surface area contributed by atoms with Crippen LogP contribution in [0.1, 0.15) is 69.0 Å². The zero-order chi connectivity index (χ0) is 32.6. The highest BCUT2D eigenvalue weighted by atomic mass is 32.2. The van der Waals surface area contributed by atoms with Crippen molar-refractivity contribution in [2.24, 2.45) is 5.92 Å². The molecule has 2 aliphatic carbocycles. The van der Waals surface area contributed by atoms with E-state index in [1.807, 2.05) is 10.0 Å². The van der Waals surface area contributed by atoms with Gasteiger partial charge in [0.25, 0.3) is 11.8 Å². The zero-order valence-corrected chi connectivity index (χ0v) is 24.8. The molecule has 2 amide bonds. The second-order valence-corrected chi connectivity index (χ2v) is 13.7. The van der Waals surface area contributed by atoms with Crippen LogP contribution in [0.25, 0.3) is 5.57 Å². The molecule has 2 fully saturated rings. The summed E-state index contributed by atoms with van der Waals surface area (Å²) in [5, 5.41) is 5.48. The highest BCUT2D eigenvalue weighted by molar-refractivity contribution is 7.91. The normalized spacial score (nSPS) is 21.1. The van der Waals surface area contributed by atoms with E-state index in [1.54, 1.807) is 0 Å². The third-order valence-electron chi connectivity index (χ3n) is 8.02. The molecule has 0 saturated heterocycles. The molecule has 2 aromatic rings. The monoisotopic (exact) mass is 662 g/mol. The molecule has 2 heterocycles. The Morgan fingerprint density at radius 1 is 1.02 bits per heavy atom. The number of hydrogen-bond acceptors (Lipinski definition) is 6. The number of nitrogens with one attached hydrogen (secondary N) is 2. The van der Waals surface area contributed by atoms with E-state index in [0.717, 1.165) is 25.0 Å². The first-order valence-corrected chi connectivity index (χ1v) is 16.1. The van der Waals surface area contributed by atoms with Gasteiger partial charge in [-0.25, -0.2) is 13.1 Å². The Labute approximate surface area is 255 Å². The van der Waals surface area contributed by atoms with Gasteiger partial charge in [-0.2, -0.15) is 31.4 Å². The number of amides is 2. The van der Waals surface area contributed by atoms with Crippen molar-refractivity contribution in [1.29, 1.82) is 0 Å². The molecule has 3 aliphatic rings. The van der Waals surface area contributed by atoms with E-state index in [1.165, 1.54) is 29.1 Å². The average molecular weight is 663 g/mol. The Kier molecular flexibility index (Phi) is 8.99. The number of rotatable bonds is 13. The quantitative estimate of drug-likeness (QED) is 0.174. The first-order valence-electron chi connectivity index (χ1n) is 14.6.